The van der Waals surface area contributed by atoms with Gasteiger partial charge in [0, 0.05) is 29.2 Å². The van der Waals surface area contributed by atoms with E-state index in [-0.39, 0.29) is 29.8 Å². The SMILES string of the molecule is O=[N+]([O-])c1cc(Cl)ccc1CNC1CCCS(=O)(=O)C1. The summed E-state index contributed by atoms with van der Waals surface area (Å²) in [7, 11) is -2.99. The fourth-order valence-corrected chi connectivity index (χ4v) is 4.13. The van der Waals surface area contributed by atoms with E-state index in [0.717, 1.165) is 6.42 Å². The van der Waals surface area contributed by atoms with Crippen molar-refractivity contribution in [1.29, 1.82) is 0 Å². The summed E-state index contributed by atoms with van der Waals surface area (Å²) in [6, 6.07) is 4.33. The number of hydrogen-bond acceptors (Lipinski definition) is 5. The van der Waals surface area contributed by atoms with Crippen molar-refractivity contribution in [2.75, 3.05) is 11.5 Å². The second kappa shape index (κ2) is 6.07. The lowest BCUT2D eigenvalue weighted by Gasteiger charge is -2.23. The average molecular weight is 319 g/mol. The monoisotopic (exact) mass is 318 g/mol. The molecular weight excluding hydrogens is 304 g/mol. The Kier molecular flexibility index (Phi) is 4.62. The molecular formula is C12H15ClN2O4S. The zero-order valence-electron chi connectivity index (χ0n) is 10.7. The van der Waals surface area contributed by atoms with E-state index < -0.39 is 14.8 Å². The minimum absolute atomic E-state index is 0.0522. The van der Waals surface area contributed by atoms with Crippen LogP contribution in [-0.4, -0.2) is 30.9 Å². The zero-order valence-corrected chi connectivity index (χ0v) is 12.3. The van der Waals surface area contributed by atoms with Gasteiger partial charge in [0.25, 0.3) is 5.69 Å². The van der Waals surface area contributed by atoms with Crippen LogP contribution in [0.25, 0.3) is 0 Å². The normalized spacial score (nSPS) is 21.6. The first-order valence-corrected chi connectivity index (χ1v) is 8.44. The molecule has 1 heterocycles. The highest BCUT2D eigenvalue weighted by atomic mass is 35.5. The van der Waals surface area contributed by atoms with Crippen molar-refractivity contribution in [2.24, 2.45) is 0 Å². The average Bonchev–Trinajstić information content (AvgIpc) is 2.36. The third kappa shape index (κ3) is 3.91. The molecule has 0 aromatic heterocycles. The van der Waals surface area contributed by atoms with Crippen LogP contribution >= 0.6 is 11.6 Å². The van der Waals surface area contributed by atoms with Crippen LogP contribution in [0.1, 0.15) is 18.4 Å². The summed E-state index contributed by atoms with van der Waals surface area (Å²) in [6.45, 7) is 0.258. The number of nitrogens with one attached hydrogen (secondary N) is 1. The Balaban J connectivity index is 2.06. The minimum atomic E-state index is -2.99. The fraction of sp³-hybridized carbons (Fsp3) is 0.500. The van der Waals surface area contributed by atoms with Crippen molar-refractivity contribution in [2.45, 2.75) is 25.4 Å². The Labute approximate surface area is 122 Å². The van der Waals surface area contributed by atoms with Crippen molar-refractivity contribution < 1.29 is 13.3 Å². The summed E-state index contributed by atoms with van der Waals surface area (Å²) < 4.78 is 23.1. The molecule has 6 nitrogen and oxygen atoms in total. The molecule has 1 aliphatic rings. The lowest BCUT2D eigenvalue weighted by Crippen LogP contribution is -2.39. The number of sulfone groups is 1. The molecule has 2 rings (SSSR count). The highest BCUT2D eigenvalue weighted by molar-refractivity contribution is 7.91. The summed E-state index contributed by atoms with van der Waals surface area (Å²) in [5.41, 5.74) is 0.450. The number of hydrogen-bond donors (Lipinski definition) is 1. The van der Waals surface area contributed by atoms with Gasteiger partial charge in [0.1, 0.15) is 0 Å². The molecule has 1 unspecified atom stereocenters. The summed E-state index contributed by atoms with van der Waals surface area (Å²) in [5.74, 6) is 0.320. The molecule has 0 spiro atoms. The van der Waals surface area contributed by atoms with Crippen LogP contribution in [0.2, 0.25) is 5.02 Å². The smallest absolute Gasteiger partial charge is 0.275 e. The summed E-state index contributed by atoms with van der Waals surface area (Å²) in [5, 5.41) is 14.3. The number of nitro groups is 1. The molecule has 0 bridgehead atoms. The van der Waals surface area contributed by atoms with Crippen LogP contribution in [0, 0.1) is 10.1 Å². The molecule has 1 N–H and O–H groups in total. The van der Waals surface area contributed by atoms with Crippen LogP contribution in [0.3, 0.4) is 0 Å². The molecule has 1 aliphatic heterocycles. The quantitative estimate of drug-likeness (QED) is 0.676. The molecule has 1 saturated heterocycles. The first-order valence-electron chi connectivity index (χ1n) is 6.24. The summed E-state index contributed by atoms with van der Waals surface area (Å²) in [4.78, 5) is 10.5. The molecule has 20 heavy (non-hydrogen) atoms. The van der Waals surface area contributed by atoms with Crippen molar-refractivity contribution >= 4 is 27.1 Å². The van der Waals surface area contributed by atoms with Crippen molar-refractivity contribution in [3.63, 3.8) is 0 Å². The highest BCUT2D eigenvalue weighted by Gasteiger charge is 2.25. The molecule has 1 fully saturated rings. The number of nitro benzene ring substituents is 1. The third-order valence-corrected chi connectivity index (χ3v) is 5.34. The van der Waals surface area contributed by atoms with Crippen LogP contribution in [0.15, 0.2) is 18.2 Å². The molecule has 110 valence electrons. The number of halogens is 1. The topological polar surface area (TPSA) is 89.3 Å². The standard InChI is InChI=1S/C12H15ClN2O4S/c13-10-4-3-9(12(6-10)15(16)17)7-14-11-2-1-5-20(18,19)8-11/h3-4,6,11,14H,1-2,5,7-8H2. The van der Waals surface area contributed by atoms with Crippen LogP contribution in [0.4, 0.5) is 5.69 Å². The molecule has 1 atom stereocenters. The molecule has 0 radical (unpaired) electrons. The Morgan fingerprint density at radius 3 is 2.85 bits per heavy atom. The third-order valence-electron chi connectivity index (χ3n) is 3.29. The predicted octanol–water partition coefficient (Wildman–Crippen LogP) is 1.91. The fourth-order valence-electron chi connectivity index (χ4n) is 2.29. The Hall–Kier alpha value is -1.18. The van der Waals surface area contributed by atoms with Gasteiger partial charge in [-0.1, -0.05) is 11.6 Å². The van der Waals surface area contributed by atoms with Crippen molar-refractivity contribution in [3.8, 4) is 0 Å². The van der Waals surface area contributed by atoms with E-state index in [4.69, 9.17) is 11.6 Å². The van der Waals surface area contributed by atoms with E-state index in [1.165, 1.54) is 6.07 Å². The Bertz CT molecular complexity index is 618. The molecule has 1 aromatic carbocycles. The van der Waals surface area contributed by atoms with Gasteiger partial charge in [0.15, 0.2) is 9.84 Å². The van der Waals surface area contributed by atoms with Gasteiger partial charge in [-0.3, -0.25) is 10.1 Å². The molecule has 0 amide bonds. The molecule has 1 aromatic rings. The second-order valence-electron chi connectivity index (χ2n) is 4.86. The van der Waals surface area contributed by atoms with E-state index in [1.807, 2.05) is 0 Å². The number of rotatable bonds is 4. The van der Waals surface area contributed by atoms with Crippen LogP contribution < -0.4 is 5.32 Å². The van der Waals surface area contributed by atoms with Crippen molar-refractivity contribution in [3.05, 3.63) is 38.9 Å². The number of benzene rings is 1. The van der Waals surface area contributed by atoms with Gasteiger partial charge in [-0.05, 0) is 25.0 Å². The van der Waals surface area contributed by atoms with Gasteiger partial charge in [-0.15, -0.1) is 0 Å². The van der Waals surface area contributed by atoms with Crippen LogP contribution in [0.5, 0.6) is 0 Å². The lowest BCUT2D eigenvalue weighted by molar-refractivity contribution is -0.385. The first-order chi connectivity index (χ1) is 9.37. The van der Waals surface area contributed by atoms with Gasteiger partial charge < -0.3 is 5.32 Å². The second-order valence-corrected chi connectivity index (χ2v) is 7.53. The van der Waals surface area contributed by atoms with Gasteiger partial charge >= 0.3 is 0 Å². The number of nitrogens with zero attached hydrogens (tertiary/aromatic N) is 1. The Morgan fingerprint density at radius 2 is 2.20 bits per heavy atom. The highest BCUT2D eigenvalue weighted by Crippen LogP contribution is 2.23. The molecule has 0 saturated carbocycles. The zero-order chi connectivity index (χ0) is 14.8. The Morgan fingerprint density at radius 1 is 1.45 bits per heavy atom. The molecule has 8 heteroatoms. The van der Waals surface area contributed by atoms with E-state index in [1.54, 1.807) is 12.1 Å². The van der Waals surface area contributed by atoms with Gasteiger partial charge in [0.2, 0.25) is 0 Å². The minimum Gasteiger partial charge on any atom is -0.309 e. The molecule has 0 aliphatic carbocycles. The first kappa shape index (κ1) is 15.2. The maximum absolute atomic E-state index is 11.5. The van der Waals surface area contributed by atoms with Crippen LogP contribution in [-0.2, 0) is 16.4 Å². The van der Waals surface area contributed by atoms with E-state index in [2.05, 4.69) is 5.32 Å². The van der Waals surface area contributed by atoms with E-state index in [9.17, 15) is 18.5 Å². The van der Waals surface area contributed by atoms with Gasteiger partial charge in [-0.25, -0.2) is 8.42 Å². The summed E-state index contributed by atoms with van der Waals surface area (Å²) >= 11 is 5.74. The van der Waals surface area contributed by atoms with E-state index >= 15 is 0 Å². The largest absolute Gasteiger partial charge is 0.309 e. The summed E-state index contributed by atoms with van der Waals surface area (Å²) in [6.07, 6.45) is 1.39. The predicted molar refractivity (Wildman–Crippen MR) is 76.6 cm³/mol. The van der Waals surface area contributed by atoms with Gasteiger partial charge in [0.05, 0.1) is 16.4 Å². The van der Waals surface area contributed by atoms with E-state index in [0.29, 0.717) is 17.0 Å². The van der Waals surface area contributed by atoms with Gasteiger partial charge in [-0.2, -0.15) is 0 Å². The lowest BCUT2D eigenvalue weighted by atomic mass is 10.1. The van der Waals surface area contributed by atoms with Crippen molar-refractivity contribution in [1.82, 2.24) is 5.32 Å². The maximum atomic E-state index is 11.5. The maximum Gasteiger partial charge on any atom is 0.275 e.